The number of benzene rings is 2. The van der Waals surface area contributed by atoms with Gasteiger partial charge in [-0.2, -0.15) is 0 Å². The molecular weight excluding hydrogens is 288 g/mol. The van der Waals surface area contributed by atoms with E-state index in [0.717, 1.165) is 42.1 Å². The monoisotopic (exact) mass is 310 g/mol. The van der Waals surface area contributed by atoms with Crippen LogP contribution in [0.2, 0.25) is 0 Å². The average Bonchev–Trinajstić information content (AvgIpc) is 3.11. The smallest absolute Gasteiger partial charge is 0.228 e. The Hall–Kier alpha value is -2.33. The molecule has 2 aromatic carbocycles. The standard InChI is InChI=1S/C19H22N2O2/c1-14-11-17(23-13-15-5-3-2-4-6-15)7-8-18(14)21-19(22)16-9-10-20-12-16/h2-8,11,16,20H,9-10,12-13H2,1H3,(H,21,22). The molecule has 1 atom stereocenters. The minimum Gasteiger partial charge on any atom is -0.489 e. The number of hydrogen-bond donors (Lipinski definition) is 2. The van der Waals surface area contributed by atoms with Crippen LogP contribution in [0.3, 0.4) is 0 Å². The van der Waals surface area contributed by atoms with Gasteiger partial charge in [0.1, 0.15) is 12.4 Å². The molecule has 1 amide bonds. The summed E-state index contributed by atoms with van der Waals surface area (Å²) in [4.78, 5) is 12.2. The third-order valence-corrected chi connectivity index (χ3v) is 4.14. The summed E-state index contributed by atoms with van der Waals surface area (Å²) in [6, 6.07) is 15.8. The molecule has 2 aromatic rings. The Morgan fingerprint density at radius 1 is 1.26 bits per heavy atom. The van der Waals surface area contributed by atoms with Gasteiger partial charge < -0.3 is 15.4 Å². The van der Waals surface area contributed by atoms with Crippen molar-refractivity contribution in [3.63, 3.8) is 0 Å². The van der Waals surface area contributed by atoms with Crippen molar-refractivity contribution in [1.29, 1.82) is 0 Å². The molecule has 1 unspecified atom stereocenters. The van der Waals surface area contributed by atoms with Gasteiger partial charge in [-0.15, -0.1) is 0 Å². The number of ether oxygens (including phenoxy) is 1. The highest BCUT2D eigenvalue weighted by Gasteiger charge is 2.22. The van der Waals surface area contributed by atoms with E-state index in [1.54, 1.807) is 0 Å². The highest BCUT2D eigenvalue weighted by molar-refractivity contribution is 5.93. The molecule has 4 nitrogen and oxygen atoms in total. The Morgan fingerprint density at radius 3 is 2.78 bits per heavy atom. The van der Waals surface area contributed by atoms with E-state index in [1.807, 2.05) is 55.5 Å². The molecule has 2 N–H and O–H groups in total. The molecule has 23 heavy (non-hydrogen) atoms. The first-order chi connectivity index (χ1) is 11.2. The summed E-state index contributed by atoms with van der Waals surface area (Å²) in [6.45, 7) is 4.21. The summed E-state index contributed by atoms with van der Waals surface area (Å²) in [6.07, 6.45) is 0.906. The fraction of sp³-hybridized carbons (Fsp3) is 0.316. The predicted octanol–water partition coefficient (Wildman–Crippen LogP) is 3.12. The molecule has 1 aliphatic rings. The van der Waals surface area contributed by atoms with Gasteiger partial charge in [-0.3, -0.25) is 4.79 Å². The number of carbonyl (C=O) groups excluding carboxylic acids is 1. The molecule has 0 saturated carbocycles. The van der Waals surface area contributed by atoms with E-state index in [0.29, 0.717) is 6.61 Å². The summed E-state index contributed by atoms with van der Waals surface area (Å²) in [5.74, 6) is 0.978. The van der Waals surface area contributed by atoms with Crippen LogP contribution >= 0.6 is 0 Å². The molecule has 4 heteroatoms. The van der Waals surface area contributed by atoms with Gasteiger partial charge in [-0.1, -0.05) is 30.3 Å². The summed E-state index contributed by atoms with van der Waals surface area (Å²) in [5, 5.41) is 6.23. The lowest BCUT2D eigenvalue weighted by Crippen LogP contribution is -2.24. The molecule has 120 valence electrons. The van der Waals surface area contributed by atoms with Crippen molar-refractivity contribution in [3.05, 3.63) is 59.7 Å². The van der Waals surface area contributed by atoms with E-state index in [9.17, 15) is 4.79 Å². The number of anilines is 1. The zero-order valence-electron chi connectivity index (χ0n) is 13.3. The van der Waals surface area contributed by atoms with Crippen molar-refractivity contribution in [2.75, 3.05) is 18.4 Å². The van der Waals surface area contributed by atoms with Crippen molar-refractivity contribution in [2.45, 2.75) is 20.0 Å². The molecule has 3 rings (SSSR count). The number of nitrogens with one attached hydrogen (secondary N) is 2. The average molecular weight is 310 g/mol. The van der Waals surface area contributed by atoms with Gasteiger partial charge in [-0.05, 0) is 49.2 Å². The fourth-order valence-electron chi connectivity index (χ4n) is 2.72. The molecule has 0 aliphatic carbocycles. The molecule has 0 bridgehead atoms. The maximum Gasteiger partial charge on any atom is 0.228 e. The van der Waals surface area contributed by atoms with Crippen molar-refractivity contribution < 1.29 is 9.53 Å². The second-order valence-corrected chi connectivity index (χ2v) is 5.93. The Labute approximate surface area is 136 Å². The number of carbonyl (C=O) groups is 1. The van der Waals surface area contributed by atoms with Gasteiger partial charge in [0.2, 0.25) is 5.91 Å². The van der Waals surface area contributed by atoms with Crippen molar-refractivity contribution in [2.24, 2.45) is 5.92 Å². The molecular formula is C19H22N2O2. The van der Waals surface area contributed by atoms with Crippen molar-refractivity contribution in [1.82, 2.24) is 5.32 Å². The first kappa shape index (κ1) is 15.6. The van der Waals surface area contributed by atoms with Crippen LogP contribution in [-0.4, -0.2) is 19.0 Å². The Morgan fingerprint density at radius 2 is 2.09 bits per heavy atom. The van der Waals surface area contributed by atoms with Crippen LogP contribution < -0.4 is 15.4 Å². The number of rotatable bonds is 5. The van der Waals surface area contributed by atoms with Crippen molar-refractivity contribution >= 4 is 11.6 Å². The van der Waals surface area contributed by atoms with Crippen LogP contribution in [0.4, 0.5) is 5.69 Å². The summed E-state index contributed by atoms with van der Waals surface area (Å²) >= 11 is 0. The molecule has 1 fully saturated rings. The summed E-state index contributed by atoms with van der Waals surface area (Å²) in [7, 11) is 0. The normalized spacial score (nSPS) is 17.0. The second-order valence-electron chi connectivity index (χ2n) is 5.93. The van der Waals surface area contributed by atoms with Gasteiger partial charge in [-0.25, -0.2) is 0 Å². The van der Waals surface area contributed by atoms with Crippen molar-refractivity contribution in [3.8, 4) is 5.75 Å². The minimum absolute atomic E-state index is 0.0726. The fourth-order valence-corrected chi connectivity index (χ4v) is 2.72. The van der Waals surface area contributed by atoms with Gasteiger partial charge in [0.05, 0.1) is 5.92 Å². The Bertz CT molecular complexity index is 664. The van der Waals surface area contributed by atoms with Crippen LogP contribution in [0.25, 0.3) is 0 Å². The zero-order chi connectivity index (χ0) is 16.1. The van der Waals surface area contributed by atoms with Gasteiger partial charge >= 0.3 is 0 Å². The van der Waals surface area contributed by atoms with E-state index in [4.69, 9.17) is 4.74 Å². The predicted molar refractivity (Wildman–Crippen MR) is 91.6 cm³/mol. The van der Waals surface area contributed by atoms with E-state index >= 15 is 0 Å². The Kier molecular flexibility index (Phi) is 4.93. The first-order valence-corrected chi connectivity index (χ1v) is 8.01. The highest BCUT2D eigenvalue weighted by Crippen LogP contribution is 2.23. The highest BCUT2D eigenvalue weighted by atomic mass is 16.5. The summed E-state index contributed by atoms with van der Waals surface area (Å²) in [5.41, 5.74) is 3.00. The van der Waals surface area contributed by atoms with Gasteiger partial charge in [0.25, 0.3) is 0 Å². The molecule has 0 spiro atoms. The van der Waals surface area contributed by atoms with E-state index in [-0.39, 0.29) is 11.8 Å². The lowest BCUT2D eigenvalue weighted by atomic mass is 10.1. The molecule has 0 aromatic heterocycles. The van der Waals surface area contributed by atoms with Crippen LogP contribution in [0, 0.1) is 12.8 Å². The Balaban J connectivity index is 1.60. The largest absolute Gasteiger partial charge is 0.489 e. The molecule has 1 saturated heterocycles. The lowest BCUT2D eigenvalue weighted by molar-refractivity contribution is -0.119. The first-order valence-electron chi connectivity index (χ1n) is 8.01. The number of aryl methyl sites for hydroxylation is 1. The third-order valence-electron chi connectivity index (χ3n) is 4.14. The lowest BCUT2D eigenvalue weighted by Gasteiger charge is -2.13. The maximum atomic E-state index is 12.2. The van der Waals surface area contributed by atoms with E-state index in [1.165, 1.54) is 0 Å². The van der Waals surface area contributed by atoms with Gasteiger partial charge in [0, 0.05) is 12.2 Å². The minimum atomic E-state index is 0.0726. The van der Waals surface area contributed by atoms with E-state index < -0.39 is 0 Å². The molecule has 1 aliphatic heterocycles. The maximum absolute atomic E-state index is 12.2. The SMILES string of the molecule is Cc1cc(OCc2ccccc2)ccc1NC(=O)C1CCNC1. The van der Waals surface area contributed by atoms with Crippen LogP contribution in [0.5, 0.6) is 5.75 Å². The molecule has 0 radical (unpaired) electrons. The van der Waals surface area contributed by atoms with Crippen LogP contribution in [0.15, 0.2) is 48.5 Å². The summed E-state index contributed by atoms with van der Waals surface area (Å²) < 4.78 is 5.81. The van der Waals surface area contributed by atoms with Gasteiger partial charge in [0.15, 0.2) is 0 Å². The quantitative estimate of drug-likeness (QED) is 0.892. The molecule has 1 heterocycles. The number of hydrogen-bond acceptors (Lipinski definition) is 3. The zero-order valence-corrected chi connectivity index (χ0v) is 13.3. The topological polar surface area (TPSA) is 50.4 Å². The number of amides is 1. The second kappa shape index (κ2) is 7.29. The van der Waals surface area contributed by atoms with Crippen LogP contribution in [-0.2, 0) is 11.4 Å². The van der Waals surface area contributed by atoms with E-state index in [2.05, 4.69) is 10.6 Å². The van der Waals surface area contributed by atoms with Crippen LogP contribution in [0.1, 0.15) is 17.5 Å². The third kappa shape index (κ3) is 4.11.